The van der Waals surface area contributed by atoms with Crippen LogP contribution in [0.5, 0.6) is 0 Å². The smallest absolute Gasteiger partial charge is 0.228 e. The monoisotopic (exact) mass is 523 g/mol. The molecule has 0 saturated heterocycles. The SMILES string of the molecule is O=C(Cc1ccccc1)Nc1cncc(-c2cnc3n[nH]c(-c4nc5nccc(-c6cccnc6)c5[nH]4)c3c2)c1. The molecule has 3 N–H and O–H groups in total. The molecular formula is C30H21N9O. The van der Waals surface area contributed by atoms with Gasteiger partial charge in [-0.3, -0.25) is 19.9 Å². The van der Waals surface area contributed by atoms with Gasteiger partial charge in [0.05, 0.1) is 29.2 Å². The van der Waals surface area contributed by atoms with Crippen molar-refractivity contribution in [2.24, 2.45) is 0 Å². The molecule has 192 valence electrons. The van der Waals surface area contributed by atoms with Crippen LogP contribution in [-0.2, 0) is 11.2 Å². The number of anilines is 1. The second kappa shape index (κ2) is 9.84. The van der Waals surface area contributed by atoms with Crippen LogP contribution in [0.4, 0.5) is 5.69 Å². The molecule has 10 heteroatoms. The molecule has 0 radical (unpaired) electrons. The van der Waals surface area contributed by atoms with Crippen molar-refractivity contribution < 1.29 is 4.79 Å². The average molecular weight is 524 g/mol. The highest BCUT2D eigenvalue weighted by Crippen LogP contribution is 2.32. The van der Waals surface area contributed by atoms with E-state index in [-0.39, 0.29) is 12.3 Å². The number of carbonyl (C=O) groups excluding carboxylic acids is 1. The van der Waals surface area contributed by atoms with E-state index in [9.17, 15) is 4.79 Å². The van der Waals surface area contributed by atoms with E-state index in [0.29, 0.717) is 28.5 Å². The summed E-state index contributed by atoms with van der Waals surface area (Å²) in [4.78, 5) is 38.3. The predicted molar refractivity (Wildman–Crippen MR) is 152 cm³/mol. The molecule has 0 bridgehead atoms. The molecule has 7 rings (SSSR count). The minimum atomic E-state index is -0.111. The lowest BCUT2D eigenvalue weighted by atomic mass is 10.1. The maximum atomic E-state index is 12.6. The zero-order valence-corrected chi connectivity index (χ0v) is 21.0. The van der Waals surface area contributed by atoms with Crippen LogP contribution in [0.2, 0.25) is 0 Å². The first-order valence-electron chi connectivity index (χ1n) is 12.6. The number of aromatic nitrogens is 8. The van der Waals surface area contributed by atoms with E-state index in [1.54, 1.807) is 31.0 Å². The van der Waals surface area contributed by atoms with Crippen molar-refractivity contribution in [3.05, 3.63) is 103 Å². The molecule has 0 unspecified atom stereocenters. The van der Waals surface area contributed by atoms with Crippen molar-refractivity contribution in [1.29, 1.82) is 0 Å². The maximum Gasteiger partial charge on any atom is 0.228 e. The fourth-order valence-electron chi connectivity index (χ4n) is 4.68. The van der Waals surface area contributed by atoms with Gasteiger partial charge in [-0.05, 0) is 29.8 Å². The Bertz CT molecular complexity index is 1980. The van der Waals surface area contributed by atoms with Crippen molar-refractivity contribution in [2.45, 2.75) is 6.42 Å². The zero-order valence-electron chi connectivity index (χ0n) is 21.0. The van der Waals surface area contributed by atoms with E-state index in [1.165, 1.54) is 0 Å². The number of hydrogen-bond donors (Lipinski definition) is 3. The summed E-state index contributed by atoms with van der Waals surface area (Å²) in [7, 11) is 0. The third-order valence-corrected chi connectivity index (χ3v) is 6.57. The fourth-order valence-corrected chi connectivity index (χ4v) is 4.68. The van der Waals surface area contributed by atoms with E-state index in [1.807, 2.05) is 66.9 Å². The van der Waals surface area contributed by atoms with Crippen LogP contribution >= 0.6 is 0 Å². The van der Waals surface area contributed by atoms with E-state index in [2.05, 4.69) is 40.4 Å². The van der Waals surface area contributed by atoms with Crippen molar-refractivity contribution in [3.8, 4) is 33.8 Å². The number of pyridine rings is 4. The number of imidazole rings is 1. The normalized spacial score (nSPS) is 11.2. The molecule has 0 aliphatic carbocycles. The molecule has 0 saturated carbocycles. The number of rotatable bonds is 6. The number of nitrogens with one attached hydrogen (secondary N) is 3. The van der Waals surface area contributed by atoms with Gasteiger partial charge in [0, 0.05) is 53.2 Å². The number of H-pyrrole nitrogens is 2. The third kappa shape index (κ3) is 4.43. The van der Waals surface area contributed by atoms with Crippen LogP contribution in [0.3, 0.4) is 0 Å². The average Bonchev–Trinajstić information content (AvgIpc) is 3.62. The topological polar surface area (TPSA) is 138 Å². The Morgan fingerprint density at radius 1 is 0.800 bits per heavy atom. The van der Waals surface area contributed by atoms with Crippen LogP contribution in [-0.4, -0.2) is 46.0 Å². The lowest BCUT2D eigenvalue weighted by Crippen LogP contribution is -2.14. The van der Waals surface area contributed by atoms with E-state index in [4.69, 9.17) is 4.98 Å². The number of fused-ring (bicyclic) bond motifs is 2. The third-order valence-electron chi connectivity index (χ3n) is 6.57. The van der Waals surface area contributed by atoms with Gasteiger partial charge in [0.1, 0.15) is 5.69 Å². The highest BCUT2D eigenvalue weighted by molar-refractivity contribution is 5.96. The predicted octanol–water partition coefficient (Wildman–Crippen LogP) is 5.20. The highest BCUT2D eigenvalue weighted by atomic mass is 16.1. The quantitative estimate of drug-likeness (QED) is 0.272. The lowest BCUT2D eigenvalue weighted by molar-refractivity contribution is -0.115. The van der Waals surface area contributed by atoms with Gasteiger partial charge in [0.2, 0.25) is 5.91 Å². The number of amides is 1. The highest BCUT2D eigenvalue weighted by Gasteiger charge is 2.17. The largest absolute Gasteiger partial charge is 0.335 e. The molecule has 1 amide bonds. The molecule has 0 aliphatic heterocycles. The van der Waals surface area contributed by atoms with Crippen molar-refractivity contribution in [3.63, 3.8) is 0 Å². The molecule has 0 aliphatic rings. The second-order valence-electron chi connectivity index (χ2n) is 9.25. The van der Waals surface area contributed by atoms with Crippen molar-refractivity contribution in [1.82, 2.24) is 40.1 Å². The first-order valence-corrected chi connectivity index (χ1v) is 12.6. The van der Waals surface area contributed by atoms with E-state index >= 15 is 0 Å². The Morgan fingerprint density at radius 3 is 2.55 bits per heavy atom. The molecule has 0 atom stereocenters. The lowest BCUT2D eigenvalue weighted by Gasteiger charge is -2.07. The van der Waals surface area contributed by atoms with Crippen molar-refractivity contribution >= 4 is 33.8 Å². The van der Waals surface area contributed by atoms with Gasteiger partial charge >= 0.3 is 0 Å². The summed E-state index contributed by atoms with van der Waals surface area (Å²) in [5.74, 6) is 0.486. The molecule has 40 heavy (non-hydrogen) atoms. The van der Waals surface area contributed by atoms with Crippen molar-refractivity contribution in [2.75, 3.05) is 5.32 Å². The van der Waals surface area contributed by atoms with Gasteiger partial charge in [-0.15, -0.1) is 0 Å². The van der Waals surface area contributed by atoms with E-state index in [0.717, 1.165) is 38.7 Å². The van der Waals surface area contributed by atoms with Gasteiger partial charge in [-0.25, -0.2) is 15.0 Å². The first-order chi connectivity index (χ1) is 19.7. The summed E-state index contributed by atoms with van der Waals surface area (Å²) in [6, 6.07) is 19.3. The minimum Gasteiger partial charge on any atom is -0.335 e. The summed E-state index contributed by atoms with van der Waals surface area (Å²) in [6.07, 6.45) is 10.7. The Hall–Kier alpha value is -5.77. The first kappa shape index (κ1) is 23.4. The van der Waals surface area contributed by atoms with Crippen LogP contribution in [0.25, 0.3) is 56.0 Å². The molecule has 10 nitrogen and oxygen atoms in total. The molecule has 0 fully saturated rings. The standard InChI is InChI=1S/C30H21N9O/c40-25(11-18-5-2-1-3-6-18)35-22-12-20(15-32-17-22)21-13-24-27(38-39-28(24)34-16-21)30-36-26-23(8-10-33-29(26)37-30)19-7-4-9-31-14-19/h1-10,12-17H,11H2,(H,35,40)(H,33,36,37)(H,34,38,39). The molecule has 6 aromatic heterocycles. The summed E-state index contributed by atoms with van der Waals surface area (Å²) in [5.41, 5.74) is 7.75. The Balaban J connectivity index is 1.21. The Kier molecular flexibility index (Phi) is 5.74. The number of nitrogens with zero attached hydrogens (tertiary/aromatic N) is 6. The summed E-state index contributed by atoms with van der Waals surface area (Å²) < 4.78 is 0. The molecule has 0 spiro atoms. The van der Waals surface area contributed by atoms with Gasteiger partial charge in [0.25, 0.3) is 0 Å². The Labute approximate surface area is 227 Å². The summed E-state index contributed by atoms with van der Waals surface area (Å²) >= 11 is 0. The maximum absolute atomic E-state index is 12.6. The van der Waals surface area contributed by atoms with E-state index < -0.39 is 0 Å². The minimum absolute atomic E-state index is 0.111. The van der Waals surface area contributed by atoms with Crippen LogP contribution in [0.1, 0.15) is 5.56 Å². The number of hydrogen-bond acceptors (Lipinski definition) is 7. The summed E-state index contributed by atoms with van der Waals surface area (Å²) in [6.45, 7) is 0. The number of benzene rings is 1. The molecule has 7 aromatic rings. The number of carbonyl (C=O) groups is 1. The van der Waals surface area contributed by atoms with Crippen LogP contribution in [0.15, 0.2) is 97.8 Å². The second-order valence-corrected chi connectivity index (χ2v) is 9.25. The fraction of sp³-hybridized carbons (Fsp3) is 0.0333. The molecule has 6 heterocycles. The Morgan fingerprint density at radius 2 is 1.68 bits per heavy atom. The molecular weight excluding hydrogens is 502 g/mol. The van der Waals surface area contributed by atoms with Gasteiger partial charge in [-0.2, -0.15) is 5.10 Å². The molecule has 1 aromatic carbocycles. The van der Waals surface area contributed by atoms with Gasteiger partial charge in [0.15, 0.2) is 17.1 Å². The number of aromatic amines is 2. The van der Waals surface area contributed by atoms with Crippen LogP contribution in [0, 0.1) is 0 Å². The van der Waals surface area contributed by atoms with Crippen LogP contribution < -0.4 is 5.32 Å². The van der Waals surface area contributed by atoms with Gasteiger partial charge in [-0.1, -0.05) is 36.4 Å². The summed E-state index contributed by atoms with van der Waals surface area (Å²) in [5, 5.41) is 11.2. The zero-order chi connectivity index (χ0) is 26.9. The van der Waals surface area contributed by atoms with Gasteiger partial charge < -0.3 is 10.3 Å².